The van der Waals surface area contributed by atoms with E-state index in [9.17, 15) is 0 Å². The number of aryl methyl sites for hydroxylation is 1. The predicted molar refractivity (Wildman–Crippen MR) is 104 cm³/mol. The van der Waals surface area contributed by atoms with Crippen molar-refractivity contribution in [2.24, 2.45) is 4.99 Å². The molecule has 0 aliphatic carbocycles. The van der Waals surface area contributed by atoms with Crippen LogP contribution in [0, 0.1) is 0 Å². The minimum Gasteiger partial charge on any atom is -0.373 e. The number of guanidine groups is 1. The Morgan fingerprint density at radius 2 is 2.11 bits per heavy atom. The third-order valence-corrected chi connectivity index (χ3v) is 5.34. The Kier molecular flexibility index (Phi) is 5.38. The molecule has 2 aliphatic rings. The van der Waals surface area contributed by atoms with Crippen molar-refractivity contribution in [2.45, 2.75) is 57.3 Å². The summed E-state index contributed by atoms with van der Waals surface area (Å²) in [6.07, 6.45) is 5.92. The van der Waals surface area contributed by atoms with Gasteiger partial charge in [-0.1, -0.05) is 24.2 Å². The van der Waals surface area contributed by atoms with Gasteiger partial charge in [0.05, 0.1) is 18.2 Å². The topological polar surface area (TPSA) is 84.6 Å². The first-order valence-corrected chi connectivity index (χ1v) is 9.79. The number of fused-ring (bicyclic) bond motifs is 2. The molecular weight excluding hydrogens is 342 g/mol. The number of aliphatic imine (C=N–C) groups is 1. The lowest BCUT2D eigenvalue weighted by molar-refractivity contribution is 0.0992. The van der Waals surface area contributed by atoms with Gasteiger partial charge in [-0.05, 0) is 43.4 Å². The number of hydrogen-bond donors (Lipinski definition) is 2. The molecule has 2 bridgehead atoms. The standard InChI is InChI=1S/C20H27N5O2/c1-3-18-24-19(27-25-18)14-6-4-13(5-7-14)10-11-22-20(21-2)23-16-12-15-8-9-17(16)26-15/h4-7,15-17H,3,8-12H2,1-2H3,(H2,21,22,23). The van der Waals surface area contributed by atoms with E-state index in [1.54, 1.807) is 0 Å². The molecule has 2 aromatic rings. The summed E-state index contributed by atoms with van der Waals surface area (Å²) in [5.74, 6) is 2.16. The van der Waals surface area contributed by atoms with E-state index in [0.29, 0.717) is 24.1 Å². The molecule has 2 saturated heterocycles. The largest absolute Gasteiger partial charge is 0.373 e. The quantitative estimate of drug-likeness (QED) is 0.600. The maximum absolute atomic E-state index is 5.90. The van der Waals surface area contributed by atoms with Crippen LogP contribution in [0.2, 0.25) is 0 Å². The highest BCUT2D eigenvalue weighted by molar-refractivity contribution is 5.80. The van der Waals surface area contributed by atoms with E-state index in [1.165, 1.54) is 12.0 Å². The van der Waals surface area contributed by atoms with Gasteiger partial charge >= 0.3 is 0 Å². The lowest BCUT2D eigenvalue weighted by Crippen LogP contribution is -2.47. The molecule has 27 heavy (non-hydrogen) atoms. The van der Waals surface area contributed by atoms with Crippen LogP contribution in [0.5, 0.6) is 0 Å². The molecule has 0 saturated carbocycles. The fourth-order valence-electron chi connectivity index (χ4n) is 3.81. The van der Waals surface area contributed by atoms with Crippen LogP contribution in [-0.2, 0) is 17.6 Å². The van der Waals surface area contributed by atoms with Crippen LogP contribution in [0.25, 0.3) is 11.5 Å². The second kappa shape index (κ2) is 8.08. The summed E-state index contributed by atoms with van der Waals surface area (Å²) in [5.41, 5.74) is 2.20. The summed E-state index contributed by atoms with van der Waals surface area (Å²) in [5, 5.41) is 10.9. The van der Waals surface area contributed by atoms with Crippen molar-refractivity contribution < 1.29 is 9.26 Å². The van der Waals surface area contributed by atoms with E-state index in [4.69, 9.17) is 9.26 Å². The molecule has 0 radical (unpaired) electrons. The zero-order valence-electron chi connectivity index (χ0n) is 15.9. The SMILES string of the molecule is CCc1noc(-c2ccc(CCNC(=NC)NC3CC4CCC3O4)cc2)n1. The summed E-state index contributed by atoms with van der Waals surface area (Å²) < 4.78 is 11.2. The number of nitrogens with zero attached hydrogens (tertiary/aromatic N) is 3. The Morgan fingerprint density at radius 3 is 2.74 bits per heavy atom. The van der Waals surface area contributed by atoms with Gasteiger partial charge in [0, 0.05) is 25.6 Å². The minimum atomic E-state index is 0.346. The fraction of sp³-hybridized carbons (Fsp3) is 0.550. The number of hydrogen-bond acceptors (Lipinski definition) is 5. The number of aromatic nitrogens is 2. The first-order valence-electron chi connectivity index (χ1n) is 9.79. The van der Waals surface area contributed by atoms with Gasteiger partial charge in [-0.15, -0.1) is 0 Å². The maximum atomic E-state index is 5.90. The van der Waals surface area contributed by atoms with Crippen LogP contribution in [-0.4, -0.2) is 47.9 Å². The maximum Gasteiger partial charge on any atom is 0.257 e. The third-order valence-electron chi connectivity index (χ3n) is 5.34. The van der Waals surface area contributed by atoms with E-state index in [1.807, 2.05) is 26.1 Å². The van der Waals surface area contributed by atoms with Crippen LogP contribution >= 0.6 is 0 Å². The highest BCUT2D eigenvalue weighted by atomic mass is 16.5. The van der Waals surface area contributed by atoms with Crippen LogP contribution in [0.3, 0.4) is 0 Å². The van der Waals surface area contributed by atoms with E-state index in [0.717, 1.165) is 49.6 Å². The van der Waals surface area contributed by atoms with Gasteiger partial charge in [-0.25, -0.2) is 0 Å². The molecule has 3 atom stereocenters. The molecule has 7 heteroatoms. The van der Waals surface area contributed by atoms with Crippen LogP contribution in [0.1, 0.15) is 37.6 Å². The van der Waals surface area contributed by atoms with Crippen LogP contribution < -0.4 is 10.6 Å². The molecule has 2 fully saturated rings. The van der Waals surface area contributed by atoms with E-state index in [-0.39, 0.29) is 0 Å². The second-order valence-electron chi connectivity index (χ2n) is 7.18. The Morgan fingerprint density at radius 1 is 1.26 bits per heavy atom. The first-order chi connectivity index (χ1) is 13.2. The lowest BCUT2D eigenvalue weighted by atomic mass is 9.96. The smallest absolute Gasteiger partial charge is 0.257 e. The fourth-order valence-corrected chi connectivity index (χ4v) is 3.81. The van der Waals surface area contributed by atoms with Gasteiger partial charge in [0.15, 0.2) is 11.8 Å². The molecule has 0 amide bonds. The van der Waals surface area contributed by atoms with Crippen molar-refractivity contribution in [1.29, 1.82) is 0 Å². The Balaban J connectivity index is 1.25. The highest BCUT2D eigenvalue weighted by Gasteiger charge is 2.41. The second-order valence-corrected chi connectivity index (χ2v) is 7.18. The predicted octanol–water partition coefficient (Wildman–Crippen LogP) is 2.33. The molecular formula is C20H27N5O2. The molecule has 2 N–H and O–H groups in total. The Labute approximate surface area is 159 Å². The van der Waals surface area contributed by atoms with Crippen molar-refractivity contribution in [3.05, 3.63) is 35.7 Å². The van der Waals surface area contributed by atoms with Crippen molar-refractivity contribution in [1.82, 2.24) is 20.8 Å². The Bertz CT molecular complexity index is 786. The molecule has 2 aliphatic heterocycles. The Hall–Kier alpha value is -2.41. The normalized spacial score (nSPS) is 24.4. The lowest BCUT2D eigenvalue weighted by Gasteiger charge is -2.22. The number of benzene rings is 1. The molecule has 3 unspecified atom stereocenters. The summed E-state index contributed by atoms with van der Waals surface area (Å²) in [6, 6.07) is 8.65. The minimum absolute atomic E-state index is 0.346. The summed E-state index contributed by atoms with van der Waals surface area (Å²) in [4.78, 5) is 8.71. The highest BCUT2D eigenvalue weighted by Crippen LogP contribution is 2.34. The van der Waals surface area contributed by atoms with Crippen LogP contribution in [0.15, 0.2) is 33.8 Å². The average molecular weight is 369 g/mol. The zero-order chi connectivity index (χ0) is 18.6. The van der Waals surface area contributed by atoms with E-state index >= 15 is 0 Å². The molecule has 3 heterocycles. The molecule has 144 valence electrons. The average Bonchev–Trinajstić information content (AvgIpc) is 3.44. The molecule has 0 spiro atoms. The number of nitrogens with one attached hydrogen (secondary N) is 2. The third kappa shape index (κ3) is 4.13. The molecule has 4 rings (SSSR count). The monoisotopic (exact) mass is 369 g/mol. The van der Waals surface area contributed by atoms with Gasteiger partial charge in [-0.3, -0.25) is 4.99 Å². The van der Waals surface area contributed by atoms with Crippen LogP contribution in [0.4, 0.5) is 0 Å². The zero-order valence-corrected chi connectivity index (χ0v) is 15.9. The van der Waals surface area contributed by atoms with Gasteiger partial charge in [0.2, 0.25) is 0 Å². The number of ether oxygens (including phenoxy) is 1. The van der Waals surface area contributed by atoms with E-state index in [2.05, 4.69) is 37.9 Å². The van der Waals surface area contributed by atoms with Crippen molar-refractivity contribution in [3.63, 3.8) is 0 Å². The molecule has 1 aromatic carbocycles. The first kappa shape index (κ1) is 18.0. The van der Waals surface area contributed by atoms with Crippen molar-refractivity contribution in [2.75, 3.05) is 13.6 Å². The van der Waals surface area contributed by atoms with Crippen molar-refractivity contribution >= 4 is 5.96 Å². The van der Waals surface area contributed by atoms with Gasteiger partial charge in [0.25, 0.3) is 5.89 Å². The van der Waals surface area contributed by atoms with Gasteiger partial charge in [0.1, 0.15) is 0 Å². The van der Waals surface area contributed by atoms with E-state index < -0.39 is 0 Å². The van der Waals surface area contributed by atoms with Gasteiger partial charge in [-0.2, -0.15) is 4.98 Å². The molecule has 7 nitrogen and oxygen atoms in total. The van der Waals surface area contributed by atoms with Gasteiger partial charge < -0.3 is 19.9 Å². The molecule has 1 aromatic heterocycles. The van der Waals surface area contributed by atoms with Crippen molar-refractivity contribution in [3.8, 4) is 11.5 Å². The summed E-state index contributed by atoms with van der Waals surface area (Å²) >= 11 is 0. The summed E-state index contributed by atoms with van der Waals surface area (Å²) in [6.45, 7) is 2.83. The summed E-state index contributed by atoms with van der Waals surface area (Å²) in [7, 11) is 1.81. The number of rotatable bonds is 6.